The van der Waals surface area contributed by atoms with Crippen LogP contribution >= 0.6 is 11.8 Å². The molecule has 140 valence electrons. The number of aryl methyl sites for hydroxylation is 2. The average molecular weight is 391 g/mol. The number of aromatic nitrogens is 3. The molecule has 0 amide bonds. The first-order valence-corrected chi connectivity index (χ1v) is 9.66. The van der Waals surface area contributed by atoms with E-state index in [9.17, 15) is 4.79 Å². The van der Waals surface area contributed by atoms with Crippen LogP contribution in [-0.4, -0.2) is 26.7 Å². The fraction of sp³-hybridized carbons (Fsp3) is 0.143. The van der Waals surface area contributed by atoms with E-state index >= 15 is 0 Å². The van der Waals surface area contributed by atoms with Crippen molar-refractivity contribution in [3.05, 3.63) is 71.7 Å². The number of Topliss-reactive ketones (excluding diaryl/α,β-unsaturated/α-hetero) is 1. The molecule has 0 saturated heterocycles. The normalized spacial score (nSPS) is 10.9. The van der Waals surface area contributed by atoms with Crippen molar-refractivity contribution in [3.63, 3.8) is 0 Å². The Kier molecular flexibility index (Phi) is 5.08. The fourth-order valence-corrected chi connectivity index (χ4v) is 3.54. The number of carbonyl (C=O) groups excluding carboxylic acids is 1. The van der Waals surface area contributed by atoms with Gasteiger partial charge >= 0.3 is 0 Å². The Morgan fingerprint density at radius 3 is 2.32 bits per heavy atom. The van der Waals surface area contributed by atoms with E-state index < -0.39 is 0 Å². The molecule has 0 bridgehead atoms. The van der Waals surface area contributed by atoms with Crippen LogP contribution in [0.15, 0.2) is 69.0 Å². The standard InChI is InChI=1S/C21H17N3O3S/c1-13-7-8-15(14(2)11-13)16(25)12-28-21-22-19(17-5-3-9-26-17)20(23-24-21)18-6-4-10-27-18/h3-11H,12H2,1-2H3. The maximum absolute atomic E-state index is 12.6. The zero-order valence-corrected chi connectivity index (χ0v) is 16.2. The summed E-state index contributed by atoms with van der Waals surface area (Å²) in [6, 6.07) is 12.9. The Morgan fingerprint density at radius 2 is 1.68 bits per heavy atom. The fourth-order valence-electron chi connectivity index (χ4n) is 2.87. The number of nitrogens with zero attached hydrogens (tertiary/aromatic N) is 3. The van der Waals surface area contributed by atoms with Crippen molar-refractivity contribution < 1.29 is 13.6 Å². The minimum Gasteiger partial charge on any atom is -0.463 e. The third-order valence-electron chi connectivity index (χ3n) is 4.19. The maximum atomic E-state index is 12.6. The van der Waals surface area contributed by atoms with Crippen molar-refractivity contribution in [2.75, 3.05) is 5.75 Å². The van der Waals surface area contributed by atoms with Crippen LogP contribution in [0.5, 0.6) is 0 Å². The molecule has 0 spiro atoms. The minimum absolute atomic E-state index is 0.0285. The summed E-state index contributed by atoms with van der Waals surface area (Å²) in [6.07, 6.45) is 3.13. The first-order chi connectivity index (χ1) is 13.6. The topological polar surface area (TPSA) is 82.0 Å². The number of benzene rings is 1. The Balaban J connectivity index is 1.59. The van der Waals surface area contributed by atoms with Gasteiger partial charge < -0.3 is 8.83 Å². The number of thioether (sulfide) groups is 1. The van der Waals surface area contributed by atoms with Crippen LogP contribution in [0.1, 0.15) is 21.5 Å². The molecule has 4 aromatic rings. The van der Waals surface area contributed by atoms with E-state index in [1.54, 1.807) is 36.8 Å². The second-order valence-electron chi connectivity index (χ2n) is 6.28. The molecule has 7 heteroatoms. The van der Waals surface area contributed by atoms with E-state index in [2.05, 4.69) is 15.2 Å². The number of furan rings is 2. The summed E-state index contributed by atoms with van der Waals surface area (Å²) in [5.74, 6) is 1.36. The van der Waals surface area contributed by atoms with Crippen LogP contribution in [0.2, 0.25) is 0 Å². The molecule has 0 radical (unpaired) electrons. The molecule has 28 heavy (non-hydrogen) atoms. The molecular weight excluding hydrogens is 374 g/mol. The summed E-state index contributed by atoms with van der Waals surface area (Å²) in [4.78, 5) is 17.1. The molecule has 0 fully saturated rings. The van der Waals surface area contributed by atoms with Crippen molar-refractivity contribution in [1.29, 1.82) is 0 Å². The highest BCUT2D eigenvalue weighted by atomic mass is 32.2. The molecule has 0 aliphatic rings. The molecule has 0 aliphatic carbocycles. The zero-order valence-electron chi connectivity index (χ0n) is 15.4. The first kappa shape index (κ1) is 18.2. The number of carbonyl (C=O) groups is 1. The Morgan fingerprint density at radius 1 is 0.964 bits per heavy atom. The molecule has 3 heterocycles. The van der Waals surface area contributed by atoms with Gasteiger partial charge in [-0.1, -0.05) is 35.5 Å². The zero-order chi connectivity index (χ0) is 19.5. The SMILES string of the molecule is Cc1ccc(C(=O)CSc2nnc(-c3ccco3)c(-c3ccco3)n2)c(C)c1. The van der Waals surface area contributed by atoms with Crippen molar-refractivity contribution in [2.24, 2.45) is 0 Å². The van der Waals surface area contributed by atoms with Gasteiger partial charge in [0.1, 0.15) is 5.69 Å². The first-order valence-electron chi connectivity index (χ1n) is 8.67. The lowest BCUT2D eigenvalue weighted by Gasteiger charge is -2.07. The molecule has 1 aromatic carbocycles. The average Bonchev–Trinajstić information content (AvgIpc) is 3.40. The lowest BCUT2D eigenvalue weighted by atomic mass is 10.0. The summed E-state index contributed by atoms with van der Waals surface area (Å²) < 4.78 is 10.9. The van der Waals surface area contributed by atoms with E-state index in [1.165, 1.54) is 11.8 Å². The summed E-state index contributed by atoms with van der Waals surface area (Å²) in [6.45, 7) is 3.95. The predicted molar refractivity (Wildman–Crippen MR) is 106 cm³/mol. The summed E-state index contributed by atoms with van der Waals surface area (Å²) in [5, 5.41) is 8.82. The predicted octanol–water partition coefficient (Wildman–Crippen LogP) is 4.98. The van der Waals surface area contributed by atoms with E-state index in [4.69, 9.17) is 8.83 Å². The van der Waals surface area contributed by atoms with Gasteiger partial charge in [-0.15, -0.1) is 10.2 Å². The van der Waals surface area contributed by atoms with Crippen LogP contribution in [0, 0.1) is 13.8 Å². The summed E-state index contributed by atoms with van der Waals surface area (Å²) in [7, 11) is 0. The van der Waals surface area contributed by atoms with Crippen LogP contribution < -0.4 is 0 Å². The third-order valence-corrected chi connectivity index (χ3v) is 5.03. The largest absolute Gasteiger partial charge is 0.463 e. The van der Waals surface area contributed by atoms with Gasteiger partial charge in [0, 0.05) is 5.56 Å². The third kappa shape index (κ3) is 3.75. The van der Waals surface area contributed by atoms with Crippen molar-refractivity contribution in [1.82, 2.24) is 15.2 Å². The Bertz CT molecular complexity index is 1110. The summed E-state index contributed by atoms with van der Waals surface area (Å²) in [5.41, 5.74) is 3.82. The van der Waals surface area contributed by atoms with E-state index in [-0.39, 0.29) is 11.5 Å². The van der Waals surface area contributed by atoms with Gasteiger partial charge in [-0.3, -0.25) is 4.79 Å². The minimum atomic E-state index is 0.0285. The monoisotopic (exact) mass is 391 g/mol. The van der Waals surface area contributed by atoms with Gasteiger partial charge in [0.2, 0.25) is 5.16 Å². The highest BCUT2D eigenvalue weighted by Crippen LogP contribution is 2.30. The second-order valence-corrected chi connectivity index (χ2v) is 7.22. The number of ketones is 1. The van der Waals surface area contributed by atoms with Crippen molar-refractivity contribution in [2.45, 2.75) is 19.0 Å². The Hall–Kier alpha value is -3.19. The number of rotatable bonds is 6. The highest BCUT2D eigenvalue weighted by Gasteiger charge is 2.18. The van der Waals surface area contributed by atoms with Gasteiger partial charge in [0.15, 0.2) is 23.0 Å². The number of hydrogen-bond donors (Lipinski definition) is 0. The molecule has 0 unspecified atom stereocenters. The van der Waals surface area contributed by atoms with E-state index in [0.717, 1.165) is 11.1 Å². The van der Waals surface area contributed by atoms with Gasteiger partial charge in [-0.05, 0) is 43.7 Å². The van der Waals surface area contributed by atoms with Crippen LogP contribution in [0.3, 0.4) is 0 Å². The van der Waals surface area contributed by atoms with E-state index in [0.29, 0.717) is 33.6 Å². The Labute approximate surface area is 166 Å². The van der Waals surface area contributed by atoms with Crippen LogP contribution in [-0.2, 0) is 0 Å². The molecule has 4 rings (SSSR count). The molecule has 0 saturated carbocycles. The van der Waals surface area contributed by atoms with Crippen LogP contribution in [0.4, 0.5) is 0 Å². The quantitative estimate of drug-likeness (QED) is 0.338. The second kappa shape index (κ2) is 7.82. The molecule has 0 aliphatic heterocycles. The van der Waals surface area contributed by atoms with Gasteiger partial charge in [0.05, 0.1) is 18.3 Å². The molecule has 6 nitrogen and oxygen atoms in total. The van der Waals surface area contributed by atoms with E-state index in [1.807, 2.05) is 32.0 Å². The molecule has 3 aromatic heterocycles. The highest BCUT2D eigenvalue weighted by molar-refractivity contribution is 7.99. The van der Waals surface area contributed by atoms with Crippen molar-refractivity contribution >= 4 is 17.5 Å². The number of hydrogen-bond acceptors (Lipinski definition) is 7. The van der Waals surface area contributed by atoms with Gasteiger partial charge in [-0.25, -0.2) is 4.98 Å². The maximum Gasteiger partial charge on any atom is 0.210 e. The molecular formula is C21H17N3O3S. The van der Waals surface area contributed by atoms with Gasteiger partial charge in [-0.2, -0.15) is 0 Å². The van der Waals surface area contributed by atoms with Crippen molar-refractivity contribution in [3.8, 4) is 22.9 Å². The summed E-state index contributed by atoms with van der Waals surface area (Å²) >= 11 is 1.25. The smallest absolute Gasteiger partial charge is 0.210 e. The lowest BCUT2D eigenvalue weighted by molar-refractivity contribution is 0.102. The van der Waals surface area contributed by atoms with Gasteiger partial charge in [0.25, 0.3) is 0 Å². The lowest BCUT2D eigenvalue weighted by Crippen LogP contribution is -2.06. The van der Waals surface area contributed by atoms with Crippen LogP contribution in [0.25, 0.3) is 22.9 Å². The molecule has 0 atom stereocenters. The molecule has 0 N–H and O–H groups in total.